The van der Waals surface area contributed by atoms with Crippen molar-refractivity contribution in [3.8, 4) is 11.5 Å². The third kappa shape index (κ3) is 9.98. The average Bonchev–Trinajstić information content (AvgIpc) is 3.83. The van der Waals surface area contributed by atoms with Gasteiger partial charge in [-0.3, -0.25) is 14.6 Å². The van der Waals surface area contributed by atoms with Gasteiger partial charge in [-0.2, -0.15) is 0 Å². The molecule has 282 valence electrons. The highest BCUT2D eigenvalue weighted by Crippen LogP contribution is 2.30. The van der Waals surface area contributed by atoms with Gasteiger partial charge in [0.15, 0.2) is 0 Å². The summed E-state index contributed by atoms with van der Waals surface area (Å²) in [6.45, 7) is 19.7. The number of nitrogens with one attached hydrogen (secondary N) is 2. The van der Waals surface area contributed by atoms with Gasteiger partial charge < -0.3 is 45.5 Å². The summed E-state index contributed by atoms with van der Waals surface area (Å²) in [5.74, 6) is 0.807. The van der Waals surface area contributed by atoms with Gasteiger partial charge in [0, 0.05) is 22.9 Å². The van der Waals surface area contributed by atoms with E-state index in [-0.39, 0.29) is 6.04 Å². The third-order valence-corrected chi connectivity index (χ3v) is 8.86. The van der Waals surface area contributed by atoms with Crippen molar-refractivity contribution >= 4 is 28.5 Å². The molecule has 0 bridgehead atoms. The fraction of sp³-hybridized carbons (Fsp3) is 0.341. The van der Waals surface area contributed by atoms with Gasteiger partial charge in [-0.1, -0.05) is 33.1 Å². The maximum Gasteiger partial charge on any atom is 0.269 e. The van der Waals surface area contributed by atoms with Crippen LogP contribution in [-0.4, -0.2) is 55.5 Å². The average molecular weight is 724 g/mol. The van der Waals surface area contributed by atoms with Crippen molar-refractivity contribution in [2.24, 2.45) is 17.4 Å². The van der Waals surface area contributed by atoms with Gasteiger partial charge in [0.05, 0.1) is 48.7 Å². The Bertz CT molecular complexity index is 2070. The quantitative estimate of drug-likeness (QED) is 0.0976. The summed E-state index contributed by atoms with van der Waals surface area (Å²) in [6, 6.07) is 17.5. The van der Waals surface area contributed by atoms with E-state index in [2.05, 4.69) is 46.2 Å². The van der Waals surface area contributed by atoms with Gasteiger partial charge in [-0.25, -0.2) is 0 Å². The number of nitrogens with zero attached hydrogens (tertiary/aromatic N) is 3. The van der Waals surface area contributed by atoms with Crippen LogP contribution in [0.4, 0.5) is 0 Å². The highest BCUT2D eigenvalue weighted by atomic mass is 16.5. The number of hydrogen-bond acceptors (Lipinski definition) is 8. The minimum atomic E-state index is -1.52. The zero-order chi connectivity index (χ0) is 38.9. The molecule has 0 aromatic carbocycles. The van der Waals surface area contributed by atoms with Gasteiger partial charge in [0.1, 0.15) is 29.3 Å². The predicted octanol–water partition coefficient (Wildman–Crippen LogP) is 5.67. The van der Waals surface area contributed by atoms with Crippen molar-refractivity contribution in [1.82, 2.24) is 24.4 Å². The molecule has 5 heterocycles. The number of primary amides is 1. The van der Waals surface area contributed by atoms with E-state index >= 15 is 0 Å². The third-order valence-electron chi connectivity index (χ3n) is 8.86. The van der Waals surface area contributed by atoms with E-state index in [1.807, 2.05) is 82.4 Å². The largest absolute Gasteiger partial charge is 0.492 e. The van der Waals surface area contributed by atoms with Crippen LogP contribution in [0.25, 0.3) is 16.7 Å². The van der Waals surface area contributed by atoms with E-state index in [0.29, 0.717) is 36.3 Å². The zero-order valence-electron chi connectivity index (χ0n) is 31.6. The molecule has 1 aliphatic rings. The summed E-state index contributed by atoms with van der Waals surface area (Å²) in [4.78, 5) is 28.5. The Hall–Kier alpha value is -5.75. The Morgan fingerprint density at radius 2 is 1.55 bits per heavy atom. The molecule has 1 saturated carbocycles. The molecule has 1 aliphatic carbocycles. The monoisotopic (exact) mass is 723 g/mol. The SMILES string of the molecule is C=C(NC(C)C(=C)N)c1c(C)cc2ccc(OCc3ccccn3)cn12.CC.Cc1cc2ccc(OCC3CC3)cn2c1C(=O)NC(C)(CO)C(N)=O. The minimum absolute atomic E-state index is 0.0592. The molecule has 2 amide bonds. The number of aryl methyl sites for hydroxylation is 2. The number of pyridine rings is 3. The Morgan fingerprint density at radius 3 is 2.08 bits per heavy atom. The molecule has 6 rings (SSSR count). The van der Waals surface area contributed by atoms with Crippen LogP contribution in [0, 0.1) is 19.8 Å². The van der Waals surface area contributed by atoms with Crippen LogP contribution < -0.4 is 31.6 Å². The highest BCUT2D eigenvalue weighted by Gasteiger charge is 2.33. The molecule has 2 atom stereocenters. The minimum Gasteiger partial charge on any atom is -0.492 e. The van der Waals surface area contributed by atoms with Crippen molar-refractivity contribution in [3.05, 3.63) is 120 Å². The summed E-state index contributed by atoms with van der Waals surface area (Å²) in [7, 11) is 0. The number of aliphatic hydroxyl groups is 1. The number of aliphatic hydroxyl groups excluding tert-OH is 1. The molecule has 12 heteroatoms. The number of nitrogens with two attached hydrogens (primary N) is 2. The first-order valence-electron chi connectivity index (χ1n) is 17.8. The lowest BCUT2D eigenvalue weighted by molar-refractivity contribution is -0.124. The molecule has 12 nitrogen and oxygen atoms in total. The van der Waals surface area contributed by atoms with Crippen LogP contribution in [0.15, 0.2) is 92.0 Å². The standard InChI is InChI=1S/C21H24N4O.C18H23N3O4.C2H6/c1-14-11-19-8-9-20(26-13-18-7-5-6-10-23-18)12-25(19)21(14)17(4)24-16(3)15(2)22;1-11-7-13-5-6-14(25-9-12-3-4-12)8-21(13)15(11)16(23)20-18(2,10-22)17(19)24;1-2/h5-12,16,24H,2,4,13,22H2,1,3H3;5-8,12,22H,3-4,9-10H2,1-2H3,(H2,19,24)(H,20,23);1-2H3. The van der Waals surface area contributed by atoms with Crippen LogP contribution in [0.3, 0.4) is 0 Å². The number of fused-ring (bicyclic) bond motifs is 2. The summed E-state index contributed by atoms with van der Waals surface area (Å²) >= 11 is 0. The smallest absolute Gasteiger partial charge is 0.269 e. The normalized spacial score (nSPS) is 13.7. The molecule has 53 heavy (non-hydrogen) atoms. The second-order valence-electron chi connectivity index (χ2n) is 13.3. The van der Waals surface area contributed by atoms with Gasteiger partial charge >= 0.3 is 0 Å². The Labute approximate surface area is 311 Å². The van der Waals surface area contributed by atoms with Crippen molar-refractivity contribution in [2.75, 3.05) is 13.2 Å². The molecule has 0 saturated heterocycles. The van der Waals surface area contributed by atoms with Crippen molar-refractivity contribution in [3.63, 3.8) is 0 Å². The van der Waals surface area contributed by atoms with Gasteiger partial charge in [0.2, 0.25) is 5.91 Å². The van der Waals surface area contributed by atoms with Crippen molar-refractivity contribution in [1.29, 1.82) is 0 Å². The maximum atomic E-state index is 12.7. The second kappa shape index (κ2) is 17.6. The Balaban J connectivity index is 0.000000226. The fourth-order valence-corrected chi connectivity index (χ4v) is 5.46. The van der Waals surface area contributed by atoms with E-state index in [9.17, 15) is 14.7 Å². The molecule has 0 radical (unpaired) electrons. The topological polar surface area (TPSA) is 171 Å². The van der Waals surface area contributed by atoms with E-state index in [1.165, 1.54) is 19.8 Å². The maximum absolute atomic E-state index is 12.7. The van der Waals surface area contributed by atoms with Gasteiger partial charge in [0.25, 0.3) is 5.91 Å². The number of carbonyl (C=O) groups excluding carboxylic acids is 2. The van der Waals surface area contributed by atoms with Gasteiger partial charge in [-0.05, 0) is 106 Å². The van der Waals surface area contributed by atoms with Gasteiger partial charge in [-0.15, -0.1) is 0 Å². The summed E-state index contributed by atoms with van der Waals surface area (Å²) in [6.07, 6.45) is 7.89. The van der Waals surface area contributed by atoms with E-state index < -0.39 is 24.0 Å². The molecular formula is C41H53N7O5. The van der Waals surface area contributed by atoms with E-state index in [0.717, 1.165) is 45.0 Å². The van der Waals surface area contributed by atoms with Crippen molar-refractivity contribution in [2.45, 2.75) is 72.6 Å². The van der Waals surface area contributed by atoms with Crippen LogP contribution >= 0.6 is 0 Å². The van der Waals surface area contributed by atoms with E-state index in [1.54, 1.807) is 16.8 Å². The molecule has 5 aromatic rings. The lowest BCUT2D eigenvalue weighted by atomic mass is 10.0. The zero-order valence-corrected chi connectivity index (χ0v) is 31.6. The highest BCUT2D eigenvalue weighted by molar-refractivity contribution is 5.99. The van der Waals surface area contributed by atoms with Crippen LogP contribution in [0.2, 0.25) is 0 Å². The first-order chi connectivity index (χ1) is 25.3. The fourth-order valence-electron chi connectivity index (χ4n) is 5.46. The molecule has 5 aromatic heterocycles. The number of aromatic nitrogens is 3. The Morgan fingerprint density at radius 1 is 0.962 bits per heavy atom. The number of hydrogen-bond donors (Lipinski definition) is 5. The first kappa shape index (κ1) is 40.0. The number of amides is 2. The second-order valence-corrected chi connectivity index (χ2v) is 13.3. The van der Waals surface area contributed by atoms with Crippen LogP contribution in [-0.2, 0) is 11.4 Å². The number of ether oxygens (including phenoxy) is 2. The van der Waals surface area contributed by atoms with Crippen LogP contribution in [0.1, 0.15) is 73.5 Å². The lowest BCUT2D eigenvalue weighted by Gasteiger charge is -2.25. The predicted molar refractivity (Wildman–Crippen MR) is 210 cm³/mol. The molecule has 0 aliphatic heterocycles. The summed E-state index contributed by atoms with van der Waals surface area (Å²) in [5.41, 5.74) is 17.0. The molecule has 2 unspecified atom stereocenters. The lowest BCUT2D eigenvalue weighted by Crippen LogP contribution is -2.58. The Kier molecular flexibility index (Phi) is 13.3. The molecule has 1 fully saturated rings. The summed E-state index contributed by atoms with van der Waals surface area (Å²) in [5, 5.41) is 15.2. The summed E-state index contributed by atoms with van der Waals surface area (Å²) < 4.78 is 15.5. The number of rotatable bonds is 14. The van der Waals surface area contributed by atoms with Crippen molar-refractivity contribution < 1.29 is 24.2 Å². The molecular weight excluding hydrogens is 670 g/mol. The molecule has 0 spiro atoms. The van der Waals surface area contributed by atoms with E-state index in [4.69, 9.17) is 20.9 Å². The first-order valence-corrected chi connectivity index (χ1v) is 17.8. The number of carbonyl (C=O) groups is 2. The van der Waals surface area contributed by atoms with Crippen LogP contribution in [0.5, 0.6) is 11.5 Å². The molecule has 7 N–H and O–H groups in total.